The fourth-order valence-corrected chi connectivity index (χ4v) is 3.19. The summed E-state index contributed by atoms with van der Waals surface area (Å²) in [6.07, 6.45) is 6.31. The monoisotopic (exact) mass is 244 g/mol. The fraction of sp³-hybridized carbons (Fsp3) is 0.917. The molecule has 1 atom stereocenters. The van der Waals surface area contributed by atoms with Gasteiger partial charge in [0.25, 0.3) is 0 Å². The third kappa shape index (κ3) is 2.72. The van der Waals surface area contributed by atoms with Crippen LogP contribution >= 0.6 is 11.8 Å². The lowest BCUT2D eigenvalue weighted by molar-refractivity contribution is -0.141. The van der Waals surface area contributed by atoms with Crippen LogP contribution in [0.2, 0.25) is 0 Å². The number of amides is 1. The predicted octanol–water partition coefficient (Wildman–Crippen LogP) is 1.72. The van der Waals surface area contributed by atoms with E-state index in [1.807, 2.05) is 11.9 Å². The Labute approximate surface area is 103 Å². The van der Waals surface area contributed by atoms with Crippen LogP contribution in [0.1, 0.15) is 32.6 Å². The Balaban J connectivity index is 2.67. The molecule has 4 heteroatoms. The number of thioether (sulfide) groups is 1. The lowest BCUT2D eigenvalue weighted by Crippen LogP contribution is -2.48. The van der Waals surface area contributed by atoms with Crippen LogP contribution in [0.4, 0.5) is 0 Å². The molecule has 0 aromatic heterocycles. The van der Waals surface area contributed by atoms with Crippen LogP contribution in [0.5, 0.6) is 0 Å². The van der Waals surface area contributed by atoms with Gasteiger partial charge in [-0.15, -0.1) is 0 Å². The van der Waals surface area contributed by atoms with E-state index in [0.717, 1.165) is 31.4 Å². The van der Waals surface area contributed by atoms with Gasteiger partial charge in [0.15, 0.2) is 0 Å². The van der Waals surface area contributed by atoms with E-state index in [2.05, 4.69) is 13.2 Å². The van der Waals surface area contributed by atoms with Crippen molar-refractivity contribution in [2.45, 2.75) is 38.6 Å². The van der Waals surface area contributed by atoms with Gasteiger partial charge in [-0.2, -0.15) is 11.8 Å². The van der Waals surface area contributed by atoms with Crippen molar-refractivity contribution in [3.8, 4) is 0 Å². The zero-order valence-electron chi connectivity index (χ0n) is 10.7. The maximum atomic E-state index is 12.5. The third-order valence-corrected chi connectivity index (χ3v) is 4.61. The molecule has 16 heavy (non-hydrogen) atoms. The highest BCUT2D eigenvalue weighted by atomic mass is 32.2. The Kier molecular flexibility index (Phi) is 5.12. The van der Waals surface area contributed by atoms with Gasteiger partial charge in [0.05, 0.1) is 5.41 Å². The molecule has 0 heterocycles. The van der Waals surface area contributed by atoms with Crippen molar-refractivity contribution in [1.29, 1.82) is 0 Å². The van der Waals surface area contributed by atoms with Crippen molar-refractivity contribution >= 4 is 17.7 Å². The summed E-state index contributed by atoms with van der Waals surface area (Å²) in [6.45, 7) is 2.61. The molecule has 1 fully saturated rings. The highest BCUT2D eigenvalue weighted by Gasteiger charge is 2.42. The van der Waals surface area contributed by atoms with Gasteiger partial charge >= 0.3 is 0 Å². The molecule has 0 aromatic carbocycles. The lowest BCUT2D eigenvalue weighted by atomic mass is 9.84. The van der Waals surface area contributed by atoms with Crippen LogP contribution in [0.25, 0.3) is 0 Å². The Bertz CT molecular complexity index is 239. The summed E-state index contributed by atoms with van der Waals surface area (Å²) in [5.41, 5.74) is 5.58. The third-order valence-electron chi connectivity index (χ3n) is 3.79. The second-order valence-electron chi connectivity index (χ2n) is 4.91. The highest BCUT2D eigenvalue weighted by Crippen LogP contribution is 2.38. The zero-order chi connectivity index (χ0) is 12.2. The first-order valence-electron chi connectivity index (χ1n) is 6.03. The van der Waals surface area contributed by atoms with E-state index < -0.39 is 0 Å². The maximum absolute atomic E-state index is 12.5. The minimum absolute atomic E-state index is 0.249. The van der Waals surface area contributed by atoms with Gasteiger partial charge in [-0.25, -0.2) is 0 Å². The number of nitrogens with two attached hydrogens (primary N) is 1. The molecule has 0 aliphatic heterocycles. The number of hydrogen-bond donors (Lipinski definition) is 1. The van der Waals surface area contributed by atoms with Gasteiger partial charge in [0, 0.05) is 25.4 Å². The number of nitrogens with zero attached hydrogens (tertiary/aromatic N) is 1. The van der Waals surface area contributed by atoms with Crippen molar-refractivity contribution in [3.05, 3.63) is 0 Å². The zero-order valence-corrected chi connectivity index (χ0v) is 11.5. The molecule has 1 saturated carbocycles. The second-order valence-corrected chi connectivity index (χ2v) is 5.82. The molecule has 1 aliphatic carbocycles. The first-order chi connectivity index (χ1) is 7.57. The molecule has 2 N–H and O–H groups in total. The SMILES string of the molecule is CSCC(C)N(C)C(=O)C1(CN)CCCC1. The Morgan fingerprint density at radius 2 is 2.06 bits per heavy atom. The van der Waals surface area contributed by atoms with Crippen molar-refractivity contribution in [2.24, 2.45) is 11.1 Å². The molecule has 0 spiro atoms. The van der Waals surface area contributed by atoms with Crippen LogP contribution in [0.3, 0.4) is 0 Å². The van der Waals surface area contributed by atoms with Crippen LogP contribution in [-0.2, 0) is 4.79 Å². The summed E-state index contributed by atoms with van der Waals surface area (Å²) in [5.74, 6) is 1.25. The number of hydrogen-bond acceptors (Lipinski definition) is 3. The van der Waals surface area contributed by atoms with Gasteiger partial charge in [0.2, 0.25) is 5.91 Å². The molecule has 0 bridgehead atoms. The fourth-order valence-electron chi connectivity index (χ4n) is 2.48. The number of carbonyl (C=O) groups excluding carboxylic acids is 1. The van der Waals surface area contributed by atoms with Crippen LogP contribution in [0, 0.1) is 5.41 Å². The van der Waals surface area contributed by atoms with E-state index in [1.54, 1.807) is 11.8 Å². The van der Waals surface area contributed by atoms with Gasteiger partial charge in [-0.3, -0.25) is 4.79 Å². The predicted molar refractivity (Wildman–Crippen MR) is 70.6 cm³/mol. The van der Waals surface area contributed by atoms with Gasteiger partial charge < -0.3 is 10.6 Å². The van der Waals surface area contributed by atoms with Crippen molar-refractivity contribution in [2.75, 3.05) is 25.6 Å². The first kappa shape index (κ1) is 13.8. The quantitative estimate of drug-likeness (QED) is 0.801. The number of carbonyl (C=O) groups is 1. The standard InChI is InChI=1S/C12H24N2OS/c1-10(8-16-3)14(2)11(15)12(9-13)6-4-5-7-12/h10H,4-9,13H2,1-3H3. The van der Waals surface area contributed by atoms with E-state index in [-0.39, 0.29) is 11.3 Å². The summed E-state index contributed by atoms with van der Waals surface area (Å²) < 4.78 is 0. The molecule has 94 valence electrons. The molecule has 1 unspecified atom stereocenters. The van der Waals surface area contributed by atoms with Gasteiger partial charge in [0.1, 0.15) is 0 Å². The summed E-state index contributed by atoms with van der Waals surface area (Å²) in [6, 6.07) is 0.298. The average molecular weight is 244 g/mol. The molecule has 3 nitrogen and oxygen atoms in total. The smallest absolute Gasteiger partial charge is 0.230 e. The number of rotatable bonds is 5. The normalized spacial score (nSPS) is 20.8. The molecule has 1 aliphatic rings. The lowest BCUT2D eigenvalue weighted by Gasteiger charge is -2.34. The van der Waals surface area contributed by atoms with Crippen molar-refractivity contribution < 1.29 is 4.79 Å². The highest BCUT2D eigenvalue weighted by molar-refractivity contribution is 7.98. The van der Waals surface area contributed by atoms with Crippen LogP contribution < -0.4 is 5.73 Å². The summed E-state index contributed by atoms with van der Waals surface area (Å²) in [4.78, 5) is 14.3. The molecule has 0 saturated heterocycles. The van der Waals surface area contributed by atoms with E-state index in [0.29, 0.717) is 12.6 Å². The summed E-state index contributed by atoms with van der Waals surface area (Å²) in [7, 11) is 1.92. The maximum Gasteiger partial charge on any atom is 0.230 e. The van der Waals surface area contributed by atoms with Gasteiger partial charge in [-0.05, 0) is 26.0 Å². The largest absolute Gasteiger partial charge is 0.342 e. The molecule has 0 aromatic rings. The van der Waals surface area contributed by atoms with Gasteiger partial charge in [-0.1, -0.05) is 12.8 Å². The molecular formula is C12H24N2OS. The van der Waals surface area contributed by atoms with Crippen LogP contribution in [0.15, 0.2) is 0 Å². The molecule has 0 radical (unpaired) electrons. The molecular weight excluding hydrogens is 220 g/mol. The van der Waals surface area contributed by atoms with E-state index in [4.69, 9.17) is 5.73 Å². The molecule has 1 amide bonds. The molecule has 1 rings (SSSR count). The Morgan fingerprint density at radius 3 is 2.50 bits per heavy atom. The Hall–Kier alpha value is -0.220. The summed E-state index contributed by atoms with van der Waals surface area (Å²) >= 11 is 1.78. The minimum atomic E-state index is -0.249. The summed E-state index contributed by atoms with van der Waals surface area (Å²) in [5, 5.41) is 0. The first-order valence-corrected chi connectivity index (χ1v) is 7.43. The second kappa shape index (κ2) is 5.92. The Morgan fingerprint density at radius 1 is 1.50 bits per heavy atom. The topological polar surface area (TPSA) is 46.3 Å². The van der Waals surface area contributed by atoms with E-state index in [1.165, 1.54) is 0 Å². The van der Waals surface area contributed by atoms with E-state index in [9.17, 15) is 4.79 Å². The van der Waals surface area contributed by atoms with E-state index >= 15 is 0 Å². The average Bonchev–Trinajstić information content (AvgIpc) is 2.77. The minimum Gasteiger partial charge on any atom is -0.342 e. The van der Waals surface area contributed by atoms with Crippen LogP contribution in [-0.4, -0.2) is 42.4 Å². The van der Waals surface area contributed by atoms with Crippen molar-refractivity contribution in [3.63, 3.8) is 0 Å². The van der Waals surface area contributed by atoms with Crippen molar-refractivity contribution in [1.82, 2.24) is 4.90 Å².